The Balaban J connectivity index is 1.59. The van der Waals surface area contributed by atoms with E-state index in [-0.39, 0.29) is 0 Å². The Morgan fingerprint density at radius 3 is 2.42 bits per heavy atom. The molecule has 0 aliphatic heterocycles. The molecule has 3 aromatic rings. The number of aromatic nitrogens is 2. The van der Waals surface area contributed by atoms with Crippen LogP contribution >= 0.6 is 0 Å². The molecule has 4 heteroatoms. The number of hydrogen-bond donors (Lipinski definition) is 2. The first kappa shape index (κ1) is 16.0. The molecule has 2 N–H and O–H groups in total. The van der Waals surface area contributed by atoms with E-state index in [1.165, 1.54) is 22.3 Å². The summed E-state index contributed by atoms with van der Waals surface area (Å²) in [6.07, 6.45) is 1.77. The maximum absolute atomic E-state index is 4.52. The van der Waals surface area contributed by atoms with Crippen molar-refractivity contribution in [1.82, 2.24) is 9.97 Å². The molecule has 0 unspecified atom stereocenters. The largest absolute Gasteiger partial charge is 0.366 e. The highest BCUT2D eigenvalue weighted by Gasteiger charge is 2.01. The molecule has 2 aromatic carbocycles. The van der Waals surface area contributed by atoms with E-state index in [0.717, 1.165) is 12.4 Å². The zero-order valence-electron chi connectivity index (χ0n) is 14.1. The molecule has 0 amide bonds. The normalized spacial score (nSPS) is 10.4. The molecule has 0 bridgehead atoms. The van der Waals surface area contributed by atoms with Gasteiger partial charge in [-0.25, -0.2) is 4.98 Å². The highest BCUT2D eigenvalue weighted by Crippen LogP contribution is 2.12. The lowest BCUT2D eigenvalue weighted by molar-refractivity contribution is 1.03. The van der Waals surface area contributed by atoms with Crippen LogP contribution in [0.4, 0.5) is 11.8 Å². The zero-order valence-corrected chi connectivity index (χ0v) is 14.1. The average Bonchev–Trinajstić information content (AvgIpc) is 2.61. The Morgan fingerprint density at radius 2 is 1.62 bits per heavy atom. The lowest BCUT2D eigenvalue weighted by Gasteiger charge is -2.10. The van der Waals surface area contributed by atoms with Crippen molar-refractivity contribution in [1.29, 1.82) is 0 Å². The minimum absolute atomic E-state index is 0.630. The van der Waals surface area contributed by atoms with E-state index in [4.69, 9.17) is 0 Å². The summed E-state index contributed by atoms with van der Waals surface area (Å²) < 4.78 is 0. The van der Waals surface area contributed by atoms with Gasteiger partial charge in [-0.05, 0) is 36.6 Å². The average molecular weight is 318 g/mol. The van der Waals surface area contributed by atoms with Gasteiger partial charge in [-0.15, -0.1) is 0 Å². The van der Waals surface area contributed by atoms with Crippen molar-refractivity contribution < 1.29 is 0 Å². The molecule has 0 spiro atoms. The smallest absolute Gasteiger partial charge is 0.224 e. The second kappa shape index (κ2) is 7.59. The molecule has 0 fully saturated rings. The van der Waals surface area contributed by atoms with Crippen LogP contribution in [0.3, 0.4) is 0 Å². The van der Waals surface area contributed by atoms with Crippen LogP contribution < -0.4 is 10.6 Å². The topological polar surface area (TPSA) is 49.8 Å². The Kier molecular flexibility index (Phi) is 5.06. The second-order valence-corrected chi connectivity index (χ2v) is 5.88. The highest BCUT2D eigenvalue weighted by molar-refractivity contribution is 5.41. The molecule has 1 heterocycles. The van der Waals surface area contributed by atoms with Gasteiger partial charge in [-0.3, -0.25) is 0 Å². The Labute approximate surface area is 143 Å². The minimum Gasteiger partial charge on any atom is -0.366 e. The summed E-state index contributed by atoms with van der Waals surface area (Å²) in [5.74, 6) is 1.45. The van der Waals surface area contributed by atoms with E-state index in [1.807, 2.05) is 6.07 Å². The third-order valence-corrected chi connectivity index (χ3v) is 3.95. The van der Waals surface area contributed by atoms with Crippen molar-refractivity contribution in [3.05, 3.63) is 83.0 Å². The summed E-state index contributed by atoms with van der Waals surface area (Å²) in [4.78, 5) is 8.80. The Hall–Kier alpha value is -2.88. The van der Waals surface area contributed by atoms with Crippen molar-refractivity contribution in [2.45, 2.75) is 26.9 Å². The minimum atomic E-state index is 0.630. The summed E-state index contributed by atoms with van der Waals surface area (Å²) in [5.41, 5.74) is 5.02. The van der Waals surface area contributed by atoms with Gasteiger partial charge in [0.05, 0.1) is 0 Å². The summed E-state index contributed by atoms with van der Waals surface area (Å²) in [6.45, 7) is 5.66. The van der Waals surface area contributed by atoms with Gasteiger partial charge in [0.2, 0.25) is 5.95 Å². The van der Waals surface area contributed by atoms with E-state index in [9.17, 15) is 0 Å². The van der Waals surface area contributed by atoms with Crippen molar-refractivity contribution in [2.24, 2.45) is 0 Å². The molecule has 3 rings (SSSR count). The van der Waals surface area contributed by atoms with Gasteiger partial charge in [0.15, 0.2) is 0 Å². The monoisotopic (exact) mass is 318 g/mol. The van der Waals surface area contributed by atoms with Crippen LogP contribution in [-0.2, 0) is 13.1 Å². The van der Waals surface area contributed by atoms with E-state index in [1.54, 1.807) is 6.20 Å². The van der Waals surface area contributed by atoms with Gasteiger partial charge in [0.25, 0.3) is 0 Å². The summed E-state index contributed by atoms with van der Waals surface area (Å²) in [7, 11) is 0. The van der Waals surface area contributed by atoms with Gasteiger partial charge in [0.1, 0.15) is 5.82 Å². The molecular weight excluding hydrogens is 296 g/mol. The first-order valence-electron chi connectivity index (χ1n) is 8.11. The van der Waals surface area contributed by atoms with Gasteiger partial charge >= 0.3 is 0 Å². The van der Waals surface area contributed by atoms with Crippen LogP contribution in [0.15, 0.2) is 60.8 Å². The summed E-state index contributed by atoms with van der Waals surface area (Å²) >= 11 is 0. The predicted molar refractivity (Wildman–Crippen MR) is 99.0 cm³/mol. The lowest BCUT2D eigenvalue weighted by atomic mass is 10.1. The number of aryl methyl sites for hydroxylation is 2. The molecule has 0 atom stereocenters. The number of nitrogens with zero attached hydrogens (tertiary/aromatic N) is 2. The van der Waals surface area contributed by atoms with Crippen LogP contribution in [0.1, 0.15) is 22.3 Å². The summed E-state index contributed by atoms with van der Waals surface area (Å²) in [5, 5.41) is 6.62. The van der Waals surface area contributed by atoms with E-state index in [0.29, 0.717) is 12.5 Å². The SMILES string of the molecule is Cc1ccc(CNc2nccc(NCc3ccccc3C)n2)cc1. The third-order valence-electron chi connectivity index (χ3n) is 3.95. The van der Waals surface area contributed by atoms with Crippen LogP contribution in [0.5, 0.6) is 0 Å². The molecule has 0 radical (unpaired) electrons. The molecule has 122 valence electrons. The molecule has 0 saturated heterocycles. The standard InChI is InChI=1S/C20H22N4/c1-15-7-9-17(10-8-15)13-23-20-21-12-11-19(24-20)22-14-18-6-4-3-5-16(18)2/h3-12H,13-14H2,1-2H3,(H2,21,22,23,24). The molecule has 0 saturated carbocycles. The number of hydrogen-bond acceptors (Lipinski definition) is 4. The Morgan fingerprint density at radius 1 is 0.833 bits per heavy atom. The summed E-state index contributed by atoms with van der Waals surface area (Å²) in [6, 6.07) is 18.7. The maximum Gasteiger partial charge on any atom is 0.224 e. The van der Waals surface area contributed by atoms with Crippen molar-refractivity contribution in [3.63, 3.8) is 0 Å². The molecule has 1 aromatic heterocycles. The van der Waals surface area contributed by atoms with Gasteiger partial charge in [0, 0.05) is 19.3 Å². The van der Waals surface area contributed by atoms with Crippen LogP contribution in [0, 0.1) is 13.8 Å². The van der Waals surface area contributed by atoms with Crippen LogP contribution in [0.25, 0.3) is 0 Å². The molecule has 24 heavy (non-hydrogen) atoms. The second-order valence-electron chi connectivity index (χ2n) is 5.88. The fourth-order valence-corrected chi connectivity index (χ4v) is 2.42. The van der Waals surface area contributed by atoms with Crippen LogP contribution in [-0.4, -0.2) is 9.97 Å². The molecule has 0 aliphatic rings. The number of benzene rings is 2. The number of rotatable bonds is 6. The van der Waals surface area contributed by atoms with Crippen molar-refractivity contribution in [3.8, 4) is 0 Å². The highest BCUT2D eigenvalue weighted by atomic mass is 15.1. The zero-order chi connectivity index (χ0) is 16.8. The molecule has 4 nitrogen and oxygen atoms in total. The maximum atomic E-state index is 4.52. The third kappa shape index (κ3) is 4.32. The van der Waals surface area contributed by atoms with E-state index < -0.39 is 0 Å². The Bertz CT molecular complexity index is 797. The predicted octanol–water partition coefficient (Wildman–Crippen LogP) is 4.32. The fraction of sp³-hybridized carbons (Fsp3) is 0.200. The molecular formula is C20H22N4. The van der Waals surface area contributed by atoms with Gasteiger partial charge in [-0.2, -0.15) is 4.98 Å². The van der Waals surface area contributed by atoms with Crippen molar-refractivity contribution >= 4 is 11.8 Å². The lowest BCUT2D eigenvalue weighted by Crippen LogP contribution is -2.07. The van der Waals surface area contributed by atoms with Gasteiger partial charge in [-0.1, -0.05) is 54.1 Å². The van der Waals surface area contributed by atoms with E-state index >= 15 is 0 Å². The number of nitrogens with one attached hydrogen (secondary N) is 2. The quantitative estimate of drug-likeness (QED) is 0.711. The fourth-order valence-electron chi connectivity index (χ4n) is 2.42. The van der Waals surface area contributed by atoms with E-state index in [2.05, 4.69) is 83.0 Å². The van der Waals surface area contributed by atoms with Gasteiger partial charge < -0.3 is 10.6 Å². The first-order valence-corrected chi connectivity index (χ1v) is 8.11. The first-order chi connectivity index (χ1) is 11.7. The van der Waals surface area contributed by atoms with Crippen LogP contribution in [0.2, 0.25) is 0 Å². The molecule has 0 aliphatic carbocycles. The number of anilines is 2. The van der Waals surface area contributed by atoms with Crippen molar-refractivity contribution in [2.75, 3.05) is 10.6 Å².